The Morgan fingerprint density at radius 2 is 1.76 bits per heavy atom. The van der Waals surface area contributed by atoms with Gasteiger partial charge in [0.25, 0.3) is 0 Å². The van der Waals surface area contributed by atoms with Gasteiger partial charge >= 0.3 is 0 Å². The Morgan fingerprint density at radius 1 is 1.07 bits per heavy atom. The van der Waals surface area contributed by atoms with Gasteiger partial charge in [0.2, 0.25) is 0 Å². The van der Waals surface area contributed by atoms with E-state index < -0.39 is 5.60 Å². The molecule has 3 rings (SSSR count). The molecular formula is C25H29ClO3. The largest absolute Gasteiger partial charge is 0.374 e. The van der Waals surface area contributed by atoms with E-state index in [0.29, 0.717) is 6.61 Å². The number of halogens is 1. The summed E-state index contributed by atoms with van der Waals surface area (Å²) in [4.78, 5) is 0. The summed E-state index contributed by atoms with van der Waals surface area (Å²) in [7, 11) is 0. The van der Waals surface area contributed by atoms with Crippen LogP contribution in [0.2, 0.25) is 5.02 Å². The molecule has 1 saturated heterocycles. The van der Waals surface area contributed by atoms with Crippen LogP contribution in [0.1, 0.15) is 51.0 Å². The molecule has 1 fully saturated rings. The average molecular weight is 413 g/mol. The van der Waals surface area contributed by atoms with Crippen LogP contribution in [0.3, 0.4) is 0 Å². The number of hydrogen-bond acceptors (Lipinski definition) is 3. The lowest BCUT2D eigenvalue weighted by atomic mass is 9.94. The predicted octanol–water partition coefficient (Wildman–Crippen LogP) is 5.93. The van der Waals surface area contributed by atoms with Gasteiger partial charge in [-0.1, -0.05) is 59.8 Å². The number of rotatable bonds is 7. The van der Waals surface area contributed by atoms with Crippen LogP contribution in [0.4, 0.5) is 0 Å². The zero-order valence-electron chi connectivity index (χ0n) is 17.0. The normalized spacial score (nSPS) is 18.5. The van der Waals surface area contributed by atoms with Crippen molar-refractivity contribution in [1.29, 1.82) is 0 Å². The van der Waals surface area contributed by atoms with Crippen molar-refractivity contribution in [1.82, 2.24) is 0 Å². The van der Waals surface area contributed by atoms with E-state index in [2.05, 4.69) is 11.8 Å². The second kappa shape index (κ2) is 10.8. The first-order valence-corrected chi connectivity index (χ1v) is 10.7. The van der Waals surface area contributed by atoms with Crippen LogP contribution in [-0.2, 0) is 15.1 Å². The van der Waals surface area contributed by atoms with E-state index in [9.17, 15) is 5.11 Å². The molecule has 1 heterocycles. The number of benzene rings is 2. The Hall–Kier alpha value is -1.83. The van der Waals surface area contributed by atoms with Gasteiger partial charge in [0.1, 0.15) is 5.60 Å². The zero-order chi connectivity index (χ0) is 20.5. The number of aliphatic hydroxyl groups is 1. The third-order valence-electron chi connectivity index (χ3n) is 5.09. The summed E-state index contributed by atoms with van der Waals surface area (Å²) in [6.45, 7) is 3.25. The molecule has 1 N–H and O–H groups in total. The van der Waals surface area contributed by atoms with Crippen molar-refractivity contribution in [2.45, 2.75) is 57.3 Å². The Balaban J connectivity index is 1.44. The highest BCUT2D eigenvalue weighted by Crippen LogP contribution is 2.26. The van der Waals surface area contributed by atoms with E-state index in [-0.39, 0.29) is 6.29 Å². The van der Waals surface area contributed by atoms with Gasteiger partial charge in [-0.15, -0.1) is 0 Å². The topological polar surface area (TPSA) is 38.7 Å². The number of hydrogen-bond donors (Lipinski definition) is 1. The van der Waals surface area contributed by atoms with Gasteiger partial charge in [0.15, 0.2) is 6.29 Å². The summed E-state index contributed by atoms with van der Waals surface area (Å²) in [5.41, 5.74) is 1.80. The average Bonchev–Trinajstić information content (AvgIpc) is 2.74. The maximum atomic E-state index is 10.7. The summed E-state index contributed by atoms with van der Waals surface area (Å²) in [5.74, 6) is 6.12. The Kier molecular flexibility index (Phi) is 8.15. The second-order valence-corrected chi connectivity index (χ2v) is 8.02. The van der Waals surface area contributed by atoms with Crippen LogP contribution in [0.15, 0.2) is 48.5 Å². The minimum atomic E-state index is -1.16. The van der Waals surface area contributed by atoms with Gasteiger partial charge in [0, 0.05) is 24.7 Å². The summed E-state index contributed by atoms with van der Waals surface area (Å²) in [6.07, 6.45) is 5.95. The highest BCUT2D eigenvalue weighted by molar-refractivity contribution is 6.30. The SMILES string of the molecule is CC(O)(C#CCCCCOC1CCCCO1)c1ccc(-c2ccc(Cl)cc2)cc1. The molecule has 29 heavy (non-hydrogen) atoms. The third kappa shape index (κ3) is 6.87. The molecule has 1 aliphatic heterocycles. The molecular weight excluding hydrogens is 384 g/mol. The highest BCUT2D eigenvalue weighted by atomic mass is 35.5. The molecule has 0 bridgehead atoms. The molecule has 1 aliphatic rings. The van der Waals surface area contributed by atoms with Gasteiger partial charge in [-0.3, -0.25) is 0 Å². The van der Waals surface area contributed by atoms with Crippen LogP contribution < -0.4 is 0 Å². The monoisotopic (exact) mass is 412 g/mol. The fraction of sp³-hybridized carbons (Fsp3) is 0.440. The fourth-order valence-corrected chi connectivity index (χ4v) is 3.44. The van der Waals surface area contributed by atoms with E-state index in [4.69, 9.17) is 21.1 Å². The quantitative estimate of drug-likeness (QED) is 0.452. The molecule has 0 aliphatic carbocycles. The van der Waals surface area contributed by atoms with Gasteiger partial charge in [-0.05, 0) is 67.9 Å². The molecule has 0 radical (unpaired) electrons. The van der Waals surface area contributed by atoms with Crippen LogP contribution in [0, 0.1) is 11.8 Å². The first-order valence-electron chi connectivity index (χ1n) is 10.4. The molecule has 0 amide bonds. The predicted molar refractivity (Wildman–Crippen MR) is 118 cm³/mol. The van der Waals surface area contributed by atoms with E-state index in [1.807, 2.05) is 48.5 Å². The summed E-state index contributed by atoms with van der Waals surface area (Å²) >= 11 is 5.95. The maximum absolute atomic E-state index is 10.7. The molecule has 154 valence electrons. The van der Waals surface area contributed by atoms with E-state index in [1.54, 1.807) is 6.92 Å². The van der Waals surface area contributed by atoms with Gasteiger partial charge in [0.05, 0.1) is 0 Å². The van der Waals surface area contributed by atoms with Crippen molar-refractivity contribution in [3.05, 3.63) is 59.1 Å². The molecule has 0 aromatic heterocycles. The fourth-order valence-electron chi connectivity index (χ4n) is 3.31. The molecule has 0 spiro atoms. The maximum Gasteiger partial charge on any atom is 0.157 e. The Morgan fingerprint density at radius 3 is 2.41 bits per heavy atom. The standard InChI is InChI=1S/C25H29ClO3/c1-25(27,17-5-2-3-6-18-28-24-8-4-7-19-29-24)22-13-9-20(10-14-22)21-11-15-23(26)16-12-21/h9-16,24,27H,2-4,6-8,18-19H2,1H3. The second-order valence-electron chi connectivity index (χ2n) is 7.58. The molecule has 4 heteroatoms. The Labute approximate surface area is 179 Å². The first kappa shape index (κ1) is 21.9. The summed E-state index contributed by atoms with van der Waals surface area (Å²) in [5, 5.41) is 11.4. The first-order chi connectivity index (χ1) is 14.0. The smallest absolute Gasteiger partial charge is 0.157 e. The van der Waals surface area contributed by atoms with Crippen molar-refractivity contribution in [3.63, 3.8) is 0 Å². The van der Waals surface area contributed by atoms with Crippen molar-refractivity contribution >= 4 is 11.6 Å². The number of unbranched alkanes of at least 4 members (excludes halogenated alkanes) is 2. The molecule has 2 aromatic carbocycles. The third-order valence-corrected chi connectivity index (χ3v) is 5.35. The lowest BCUT2D eigenvalue weighted by molar-refractivity contribution is -0.162. The summed E-state index contributed by atoms with van der Waals surface area (Å²) < 4.78 is 11.3. The van der Waals surface area contributed by atoms with Crippen LogP contribution in [0.25, 0.3) is 11.1 Å². The minimum Gasteiger partial charge on any atom is -0.374 e. The summed E-state index contributed by atoms with van der Waals surface area (Å²) in [6, 6.07) is 15.6. The van der Waals surface area contributed by atoms with E-state index in [0.717, 1.165) is 60.4 Å². The van der Waals surface area contributed by atoms with Crippen LogP contribution in [0.5, 0.6) is 0 Å². The van der Waals surface area contributed by atoms with Gasteiger partial charge in [-0.2, -0.15) is 0 Å². The van der Waals surface area contributed by atoms with Crippen molar-refractivity contribution in [2.24, 2.45) is 0 Å². The highest BCUT2D eigenvalue weighted by Gasteiger charge is 2.19. The lowest BCUT2D eigenvalue weighted by Crippen LogP contribution is -2.22. The minimum absolute atomic E-state index is 0.0218. The molecule has 2 unspecified atom stereocenters. The molecule has 2 aromatic rings. The van der Waals surface area contributed by atoms with Crippen LogP contribution in [-0.4, -0.2) is 24.6 Å². The van der Waals surface area contributed by atoms with Gasteiger partial charge in [-0.25, -0.2) is 0 Å². The van der Waals surface area contributed by atoms with Crippen molar-refractivity contribution in [2.75, 3.05) is 13.2 Å². The van der Waals surface area contributed by atoms with E-state index >= 15 is 0 Å². The Bertz CT molecular complexity index is 810. The number of ether oxygens (including phenoxy) is 2. The molecule has 2 atom stereocenters. The van der Waals surface area contributed by atoms with Crippen LogP contribution >= 0.6 is 11.6 Å². The molecule has 3 nitrogen and oxygen atoms in total. The van der Waals surface area contributed by atoms with E-state index in [1.165, 1.54) is 6.42 Å². The lowest BCUT2D eigenvalue weighted by Gasteiger charge is -2.22. The van der Waals surface area contributed by atoms with Crippen molar-refractivity contribution < 1.29 is 14.6 Å². The zero-order valence-corrected chi connectivity index (χ0v) is 17.8. The van der Waals surface area contributed by atoms with Crippen molar-refractivity contribution in [3.8, 4) is 23.0 Å². The molecule has 0 saturated carbocycles. The van der Waals surface area contributed by atoms with Gasteiger partial charge < -0.3 is 14.6 Å².